The van der Waals surface area contributed by atoms with Crippen LogP contribution in [0.4, 0.5) is 8.78 Å². The number of aliphatic carboxylic acids is 1. The fourth-order valence-electron chi connectivity index (χ4n) is 1.61. The summed E-state index contributed by atoms with van der Waals surface area (Å²) in [6.45, 7) is 1.67. The molecule has 1 aromatic rings. The number of carbonyl (C=O) groups is 2. The van der Waals surface area contributed by atoms with Gasteiger partial charge in [-0.3, -0.25) is 9.59 Å². The molecular weight excluding hydrogens is 288 g/mol. The molecule has 1 aromatic carbocycles. The molecule has 110 valence electrons. The lowest BCUT2D eigenvalue weighted by Crippen LogP contribution is -2.30. The standard InChI is InChI=1S/C13H15F2NO3S/c1-8(12-9(14)3-2-4-10(12)15)13(19)16-5-6-20-7-11(17)18/h2-4,8H,5-7H2,1H3,(H,16,19)(H,17,18). The summed E-state index contributed by atoms with van der Waals surface area (Å²) in [5.41, 5.74) is -0.261. The summed E-state index contributed by atoms with van der Waals surface area (Å²) in [7, 11) is 0. The molecule has 7 heteroatoms. The van der Waals surface area contributed by atoms with E-state index < -0.39 is 29.4 Å². The number of thioether (sulfide) groups is 1. The topological polar surface area (TPSA) is 66.4 Å². The average Bonchev–Trinajstić information content (AvgIpc) is 2.37. The largest absolute Gasteiger partial charge is 0.481 e. The van der Waals surface area contributed by atoms with E-state index >= 15 is 0 Å². The van der Waals surface area contributed by atoms with E-state index in [0.29, 0.717) is 5.75 Å². The minimum atomic E-state index is -0.944. The first kappa shape index (κ1) is 16.4. The van der Waals surface area contributed by atoms with Gasteiger partial charge in [-0.05, 0) is 19.1 Å². The van der Waals surface area contributed by atoms with E-state index in [1.54, 1.807) is 0 Å². The van der Waals surface area contributed by atoms with Gasteiger partial charge in [0.1, 0.15) is 11.6 Å². The second kappa shape index (κ2) is 7.84. The molecule has 0 saturated heterocycles. The number of hydrogen-bond acceptors (Lipinski definition) is 3. The normalized spacial score (nSPS) is 11.9. The number of hydrogen-bond donors (Lipinski definition) is 2. The van der Waals surface area contributed by atoms with E-state index in [4.69, 9.17) is 5.11 Å². The van der Waals surface area contributed by atoms with Gasteiger partial charge in [0, 0.05) is 17.9 Å². The van der Waals surface area contributed by atoms with Crippen molar-refractivity contribution in [2.75, 3.05) is 18.1 Å². The summed E-state index contributed by atoms with van der Waals surface area (Å²) >= 11 is 1.15. The smallest absolute Gasteiger partial charge is 0.313 e. The van der Waals surface area contributed by atoms with Crippen molar-refractivity contribution in [3.63, 3.8) is 0 Å². The molecule has 2 N–H and O–H groups in total. The first-order valence-electron chi connectivity index (χ1n) is 5.94. The molecule has 0 aliphatic carbocycles. The van der Waals surface area contributed by atoms with Crippen molar-refractivity contribution in [1.29, 1.82) is 0 Å². The number of halogens is 2. The molecule has 20 heavy (non-hydrogen) atoms. The highest BCUT2D eigenvalue weighted by molar-refractivity contribution is 7.99. The zero-order chi connectivity index (χ0) is 15.1. The number of carboxylic acid groups (broad SMARTS) is 1. The van der Waals surface area contributed by atoms with E-state index in [0.717, 1.165) is 23.9 Å². The van der Waals surface area contributed by atoms with Crippen LogP contribution in [0.3, 0.4) is 0 Å². The van der Waals surface area contributed by atoms with Gasteiger partial charge in [-0.1, -0.05) is 6.07 Å². The van der Waals surface area contributed by atoms with Gasteiger partial charge in [-0.15, -0.1) is 11.8 Å². The SMILES string of the molecule is CC(C(=O)NCCSCC(=O)O)c1c(F)cccc1F. The average molecular weight is 303 g/mol. The van der Waals surface area contributed by atoms with Gasteiger partial charge >= 0.3 is 5.97 Å². The van der Waals surface area contributed by atoms with Crippen molar-refractivity contribution in [3.05, 3.63) is 35.4 Å². The van der Waals surface area contributed by atoms with Crippen LogP contribution in [0.1, 0.15) is 18.4 Å². The maximum absolute atomic E-state index is 13.5. The Hall–Kier alpha value is -1.63. The van der Waals surface area contributed by atoms with Crippen LogP contribution >= 0.6 is 11.8 Å². The molecule has 0 heterocycles. The predicted molar refractivity (Wildman–Crippen MR) is 72.7 cm³/mol. The van der Waals surface area contributed by atoms with E-state index in [-0.39, 0.29) is 17.9 Å². The lowest BCUT2D eigenvalue weighted by molar-refractivity contribution is -0.133. The summed E-state index contributed by atoms with van der Waals surface area (Å²) < 4.78 is 27.0. The van der Waals surface area contributed by atoms with Crippen molar-refractivity contribution in [1.82, 2.24) is 5.32 Å². The summed E-state index contributed by atoms with van der Waals surface area (Å²) in [4.78, 5) is 22.0. The molecule has 0 aliphatic rings. The van der Waals surface area contributed by atoms with Crippen LogP contribution < -0.4 is 5.32 Å². The molecule has 0 aromatic heterocycles. The zero-order valence-electron chi connectivity index (χ0n) is 10.9. The fourth-order valence-corrected chi connectivity index (χ4v) is 2.18. The van der Waals surface area contributed by atoms with Crippen LogP contribution in [0.2, 0.25) is 0 Å². The number of benzene rings is 1. The molecule has 4 nitrogen and oxygen atoms in total. The summed E-state index contributed by atoms with van der Waals surface area (Å²) in [5.74, 6) is -3.51. The van der Waals surface area contributed by atoms with Crippen LogP contribution in [-0.2, 0) is 9.59 Å². The molecule has 1 amide bonds. The zero-order valence-corrected chi connectivity index (χ0v) is 11.7. The second-order valence-electron chi connectivity index (χ2n) is 4.09. The van der Waals surface area contributed by atoms with E-state index in [1.807, 2.05) is 0 Å². The Kier molecular flexibility index (Phi) is 6.44. The van der Waals surface area contributed by atoms with Gasteiger partial charge in [0.05, 0.1) is 11.7 Å². The van der Waals surface area contributed by atoms with Crippen molar-refractivity contribution >= 4 is 23.6 Å². The minimum absolute atomic E-state index is 0.0482. The Morgan fingerprint density at radius 1 is 1.35 bits per heavy atom. The van der Waals surface area contributed by atoms with E-state index in [1.165, 1.54) is 13.0 Å². The third-order valence-electron chi connectivity index (χ3n) is 2.60. The third-order valence-corrected chi connectivity index (χ3v) is 3.54. The fraction of sp³-hybridized carbons (Fsp3) is 0.385. The van der Waals surface area contributed by atoms with Gasteiger partial charge in [-0.25, -0.2) is 8.78 Å². The van der Waals surface area contributed by atoms with Gasteiger partial charge in [0.25, 0.3) is 0 Å². The minimum Gasteiger partial charge on any atom is -0.481 e. The maximum atomic E-state index is 13.5. The lowest BCUT2D eigenvalue weighted by atomic mass is 9.99. The highest BCUT2D eigenvalue weighted by atomic mass is 32.2. The molecule has 0 aliphatic heterocycles. The number of nitrogens with one attached hydrogen (secondary N) is 1. The van der Waals surface area contributed by atoms with Gasteiger partial charge < -0.3 is 10.4 Å². The van der Waals surface area contributed by atoms with Gasteiger partial charge in [0.2, 0.25) is 5.91 Å². The van der Waals surface area contributed by atoms with Crippen LogP contribution in [0.25, 0.3) is 0 Å². The predicted octanol–water partition coefficient (Wildman–Crippen LogP) is 2.00. The molecule has 1 rings (SSSR count). The van der Waals surface area contributed by atoms with Crippen molar-refractivity contribution in [2.24, 2.45) is 0 Å². The molecular formula is C13H15F2NO3S. The highest BCUT2D eigenvalue weighted by Gasteiger charge is 2.22. The van der Waals surface area contributed by atoms with Crippen molar-refractivity contribution in [3.8, 4) is 0 Å². The number of carboxylic acids is 1. The van der Waals surface area contributed by atoms with Crippen LogP contribution in [0, 0.1) is 11.6 Å². The molecule has 1 unspecified atom stereocenters. The quantitative estimate of drug-likeness (QED) is 0.756. The summed E-state index contributed by atoms with van der Waals surface area (Å²) in [6, 6.07) is 3.44. The Labute approximate surface area is 119 Å². The molecule has 1 atom stereocenters. The Morgan fingerprint density at radius 3 is 2.50 bits per heavy atom. The Morgan fingerprint density at radius 2 is 1.95 bits per heavy atom. The molecule has 0 radical (unpaired) electrons. The van der Waals surface area contributed by atoms with Gasteiger partial charge in [0.15, 0.2) is 0 Å². The number of carbonyl (C=O) groups excluding carboxylic acids is 1. The molecule has 0 fully saturated rings. The third kappa shape index (κ3) is 4.80. The summed E-state index contributed by atoms with van der Waals surface area (Å²) in [6.07, 6.45) is 0. The Balaban J connectivity index is 2.49. The molecule has 0 bridgehead atoms. The molecule has 0 saturated carbocycles. The number of amides is 1. The highest BCUT2D eigenvalue weighted by Crippen LogP contribution is 2.22. The van der Waals surface area contributed by atoms with Crippen LogP contribution in [-0.4, -0.2) is 35.0 Å². The van der Waals surface area contributed by atoms with Gasteiger partial charge in [-0.2, -0.15) is 0 Å². The van der Waals surface area contributed by atoms with E-state index in [2.05, 4.69) is 5.32 Å². The second-order valence-corrected chi connectivity index (χ2v) is 5.20. The molecule has 0 spiro atoms. The lowest BCUT2D eigenvalue weighted by Gasteiger charge is -2.13. The van der Waals surface area contributed by atoms with Crippen molar-refractivity contribution < 1.29 is 23.5 Å². The monoisotopic (exact) mass is 303 g/mol. The Bertz CT molecular complexity index is 476. The van der Waals surface area contributed by atoms with Crippen LogP contribution in [0.15, 0.2) is 18.2 Å². The van der Waals surface area contributed by atoms with E-state index in [9.17, 15) is 18.4 Å². The van der Waals surface area contributed by atoms with Crippen molar-refractivity contribution in [2.45, 2.75) is 12.8 Å². The number of rotatable bonds is 7. The maximum Gasteiger partial charge on any atom is 0.313 e. The summed E-state index contributed by atoms with van der Waals surface area (Å²) in [5, 5.41) is 11.0. The first-order valence-corrected chi connectivity index (χ1v) is 7.10. The van der Waals surface area contributed by atoms with Crippen LogP contribution in [0.5, 0.6) is 0 Å². The first-order chi connectivity index (χ1) is 9.43.